The van der Waals surface area contributed by atoms with Gasteiger partial charge in [-0.2, -0.15) is 4.98 Å². The Kier molecular flexibility index (Phi) is 3.42. The molecule has 0 aliphatic carbocycles. The molecule has 2 rings (SSSR count). The normalized spacial score (nSPS) is 10.4. The van der Waals surface area contributed by atoms with Gasteiger partial charge in [0.05, 0.1) is 20.8 Å². The molecule has 0 aliphatic heterocycles. The van der Waals surface area contributed by atoms with E-state index in [0.29, 0.717) is 5.56 Å². The van der Waals surface area contributed by atoms with Gasteiger partial charge in [0.1, 0.15) is 22.9 Å². The molecule has 1 heterocycles. The molecule has 96 valence electrons. The Morgan fingerprint density at radius 3 is 2.33 bits per heavy atom. The maximum Gasteiger partial charge on any atom is 0.240 e. The lowest BCUT2D eigenvalue weighted by Crippen LogP contribution is -1.98. The number of nitrogens with zero attached hydrogens (tertiary/aromatic N) is 2. The van der Waals surface area contributed by atoms with Crippen LogP contribution in [0.3, 0.4) is 0 Å². The largest absolute Gasteiger partial charge is 0.496 e. The molecule has 0 aliphatic rings. The summed E-state index contributed by atoms with van der Waals surface area (Å²) in [7, 11) is 2.84. The zero-order valence-corrected chi connectivity index (χ0v) is 9.94. The molecule has 0 fully saturated rings. The molecular formula is C11H12FN3O3. The third kappa shape index (κ3) is 2.12. The fourth-order valence-electron chi connectivity index (χ4n) is 1.54. The van der Waals surface area contributed by atoms with Gasteiger partial charge in [0, 0.05) is 12.1 Å². The number of hydrogen-bond acceptors (Lipinski definition) is 6. The van der Waals surface area contributed by atoms with Gasteiger partial charge in [-0.25, -0.2) is 4.39 Å². The summed E-state index contributed by atoms with van der Waals surface area (Å²) in [5.41, 5.74) is 5.81. The monoisotopic (exact) mass is 253 g/mol. The number of ether oxygens (including phenoxy) is 2. The van der Waals surface area contributed by atoms with Gasteiger partial charge < -0.3 is 19.7 Å². The van der Waals surface area contributed by atoms with E-state index in [2.05, 4.69) is 10.1 Å². The Hall–Kier alpha value is -2.15. The molecule has 0 bridgehead atoms. The predicted molar refractivity (Wildman–Crippen MR) is 60.7 cm³/mol. The van der Waals surface area contributed by atoms with Crippen LogP contribution in [0, 0.1) is 5.82 Å². The second-order valence-electron chi connectivity index (χ2n) is 3.40. The first-order valence-corrected chi connectivity index (χ1v) is 5.14. The zero-order valence-electron chi connectivity index (χ0n) is 9.94. The fourth-order valence-corrected chi connectivity index (χ4v) is 1.54. The minimum Gasteiger partial charge on any atom is -0.496 e. The summed E-state index contributed by atoms with van der Waals surface area (Å²) < 4.78 is 28.4. The quantitative estimate of drug-likeness (QED) is 0.885. The van der Waals surface area contributed by atoms with Gasteiger partial charge in [0.2, 0.25) is 11.7 Å². The van der Waals surface area contributed by atoms with E-state index in [9.17, 15) is 4.39 Å². The average molecular weight is 253 g/mol. The Bertz CT molecular complexity index is 531. The van der Waals surface area contributed by atoms with Crippen LogP contribution in [0.25, 0.3) is 11.4 Å². The number of halogens is 1. The smallest absolute Gasteiger partial charge is 0.240 e. The highest BCUT2D eigenvalue weighted by Gasteiger charge is 2.19. The molecule has 1 aromatic carbocycles. The summed E-state index contributed by atoms with van der Waals surface area (Å²) in [6, 6.07) is 2.44. The van der Waals surface area contributed by atoms with Crippen LogP contribution in [0.15, 0.2) is 16.7 Å². The summed E-state index contributed by atoms with van der Waals surface area (Å²) in [5, 5.41) is 3.76. The van der Waals surface area contributed by atoms with Gasteiger partial charge in [-0.3, -0.25) is 0 Å². The van der Waals surface area contributed by atoms with E-state index in [1.807, 2.05) is 0 Å². The maximum absolute atomic E-state index is 13.3. The lowest BCUT2D eigenvalue weighted by molar-refractivity contribution is 0.376. The maximum atomic E-state index is 13.3. The van der Waals surface area contributed by atoms with Gasteiger partial charge in [0.25, 0.3) is 0 Å². The van der Waals surface area contributed by atoms with Crippen LogP contribution in [0.2, 0.25) is 0 Å². The van der Waals surface area contributed by atoms with Gasteiger partial charge in [0.15, 0.2) is 0 Å². The van der Waals surface area contributed by atoms with E-state index in [0.717, 1.165) is 0 Å². The topological polar surface area (TPSA) is 83.4 Å². The van der Waals surface area contributed by atoms with E-state index in [1.165, 1.54) is 26.4 Å². The summed E-state index contributed by atoms with van der Waals surface area (Å²) in [6.45, 7) is 0.124. The molecule has 1 aromatic heterocycles. The van der Waals surface area contributed by atoms with Crippen molar-refractivity contribution in [3.8, 4) is 22.9 Å². The minimum absolute atomic E-state index is 0.124. The van der Waals surface area contributed by atoms with Crippen LogP contribution in [0.4, 0.5) is 4.39 Å². The molecule has 0 saturated heterocycles. The Balaban J connectivity index is 2.60. The molecule has 0 amide bonds. The molecule has 18 heavy (non-hydrogen) atoms. The molecule has 6 nitrogen and oxygen atoms in total. The summed E-state index contributed by atoms with van der Waals surface area (Å²) in [5.74, 6) is 0.560. The number of benzene rings is 1. The van der Waals surface area contributed by atoms with E-state index < -0.39 is 5.82 Å². The summed E-state index contributed by atoms with van der Waals surface area (Å²) >= 11 is 0. The van der Waals surface area contributed by atoms with Crippen molar-refractivity contribution in [2.45, 2.75) is 6.54 Å². The van der Waals surface area contributed by atoms with Crippen molar-refractivity contribution in [2.24, 2.45) is 5.73 Å². The second-order valence-corrected chi connectivity index (χ2v) is 3.40. The van der Waals surface area contributed by atoms with Crippen LogP contribution < -0.4 is 15.2 Å². The second kappa shape index (κ2) is 5.01. The minimum atomic E-state index is -0.477. The molecule has 7 heteroatoms. The predicted octanol–water partition coefficient (Wildman–Crippen LogP) is 1.35. The Labute approximate surface area is 103 Å². The van der Waals surface area contributed by atoms with Crippen molar-refractivity contribution in [2.75, 3.05) is 14.2 Å². The van der Waals surface area contributed by atoms with Crippen molar-refractivity contribution in [1.29, 1.82) is 0 Å². The van der Waals surface area contributed by atoms with Gasteiger partial charge >= 0.3 is 0 Å². The number of aromatic nitrogens is 2. The number of nitrogens with two attached hydrogens (primary N) is 1. The van der Waals surface area contributed by atoms with E-state index in [1.54, 1.807) is 0 Å². The number of methoxy groups -OCH3 is 2. The molecule has 0 spiro atoms. The number of hydrogen-bond donors (Lipinski definition) is 1. The lowest BCUT2D eigenvalue weighted by Gasteiger charge is -2.10. The Morgan fingerprint density at radius 1 is 1.28 bits per heavy atom. The van der Waals surface area contributed by atoms with Gasteiger partial charge in [-0.15, -0.1) is 0 Å². The van der Waals surface area contributed by atoms with Crippen LogP contribution in [-0.2, 0) is 6.54 Å². The molecule has 2 aromatic rings. The first-order valence-electron chi connectivity index (χ1n) is 5.14. The highest BCUT2D eigenvalue weighted by atomic mass is 19.1. The van der Waals surface area contributed by atoms with E-state index in [4.69, 9.17) is 19.7 Å². The van der Waals surface area contributed by atoms with Gasteiger partial charge in [-0.1, -0.05) is 5.16 Å². The average Bonchev–Trinajstić information content (AvgIpc) is 2.85. The third-order valence-corrected chi connectivity index (χ3v) is 2.34. The highest BCUT2D eigenvalue weighted by molar-refractivity contribution is 5.71. The number of rotatable bonds is 4. The molecule has 0 radical (unpaired) electrons. The van der Waals surface area contributed by atoms with Crippen molar-refractivity contribution in [3.63, 3.8) is 0 Å². The van der Waals surface area contributed by atoms with Crippen LogP contribution >= 0.6 is 0 Å². The molecule has 2 N–H and O–H groups in total. The Morgan fingerprint density at radius 2 is 1.89 bits per heavy atom. The van der Waals surface area contributed by atoms with E-state index in [-0.39, 0.29) is 29.8 Å². The summed E-state index contributed by atoms with van der Waals surface area (Å²) in [4.78, 5) is 4.06. The van der Waals surface area contributed by atoms with Crippen molar-refractivity contribution in [3.05, 3.63) is 23.8 Å². The fraction of sp³-hybridized carbons (Fsp3) is 0.273. The molecule has 0 saturated carbocycles. The van der Waals surface area contributed by atoms with Crippen LogP contribution in [0.5, 0.6) is 11.5 Å². The zero-order chi connectivity index (χ0) is 13.1. The SMILES string of the molecule is COc1cc(F)cc(OC)c1-c1noc(CN)n1. The highest BCUT2D eigenvalue weighted by Crippen LogP contribution is 2.37. The van der Waals surface area contributed by atoms with Crippen molar-refractivity contribution in [1.82, 2.24) is 10.1 Å². The van der Waals surface area contributed by atoms with Gasteiger partial charge in [-0.05, 0) is 0 Å². The lowest BCUT2D eigenvalue weighted by atomic mass is 10.1. The van der Waals surface area contributed by atoms with Crippen LogP contribution in [0.1, 0.15) is 5.89 Å². The molecular weight excluding hydrogens is 241 g/mol. The van der Waals surface area contributed by atoms with E-state index >= 15 is 0 Å². The first-order chi connectivity index (χ1) is 8.69. The standard InChI is InChI=1S/C11H12FN3O3/c1-16-7-3-6(12)4-8(17-2)10(7)11-14-9(5-13)18-15-11/h3-4H,5,13H2,1-2H3. The first kappa shape index (κ1) is 12.3. The van der Waals surface area contributed by atoms with Crippen molar-refractivity contribution >= 4 is 0 Å². The van der Waals surface area contributed by atoms with Crippen LogP contribution in [-0.4, -0.2) is 24.4 Å². The molecule has 0 unspecified atom stereocenters. The third-order valence-electron chi connectivity index (χ3n) is 2.34. The summed E-state index contributed by atoms with van der Waals surface area (Å²) in [6.07, 6.45) is 0. The van der Waals surface area contributed by atoms with Crippen molar-refractivity contribution < 1.29 is 18.4 Å². The molecule has 0 atom stereocenters.